The summed E-state index contributed by atoms with van der Waals surface area (Å²) in [6.07, 6.45) is 3.59. The third-order valence-corrected chi connectivity index (χ3v) is 2.49. The van der Waals surface area contributed by atoms with Gasteiger partial charge in [0.1, 0.15) is 0 Å². The van der Waals surface area contributed by atoms with Crippen LogP contribution in [0.2, 0.25) is 0 Å². The van der Waals surface area contributed by atoms with Gasteiger partial charge in [0.2, 0.25) is 0 Å². The van der Waals surface area contributed by atoms with Crippen LogP contribution >= 0.6 is 0 Å². The standard InChI is InChI=1S/C12H15N3O/c1-3-15-11(8-10(2)13-15)9-14-6-4-12(16)5-7-14/h4-8H,3,9H2,1-2H3. The van der Waals surface area contributed by atoms with E-state index in [1.165, 1.54) is 0 Å². The number of hydrogen-bond acceptors (Lipinski definition) is 2. The number of rotatable bonds is 3. The van der Waals surface area contributed by atoms with E-state index >= 15 is 0 Å². The van der Waals surface area contributed by atoms with Crippen LogP contribution < -0.4 is 5.43 Å². The van der Waals surface area contributed by atoms with Crippen LogP contribution in [0.3, 0.4) is 0 Å². The molecule has 84 valence electrons. The van der Waals surface area contributed by atoms with Crippen molar-refractivity contribution in [3.05, 3.63) is 52.2 Å². The number of aryl methyl sites for hydroxylation is 2. The molecule has 16 heavy (non-hydrogen) atoms. The first kappa shape index (κ1) is 10.7. The minimum absolute atomic E-state index is 0.0384. The van der Waals surface area contributed by atoms with Gasteiger partial charge < -0.3 is 4.57 Å². The summed E-state index contributed by atoms with van der Waals surface area (Å²) in [5.41, 5.74) is 2.22. The summed E-state index contributed by atoms with van der Waals surface area (Å²) in [5, 5.41) is 4.38. The fourth-order valence-electron chi connectivity index (χ4n) is 1.74. The van der Waals surface area contributed by atoms with E-state index in [-0.39, 0.29) is 5.43 Å². The Kier molecular flexibility index (Phi) is 2.90. The first-order valence-electron chi connectivity index (χ1n) is 5.38. The molecule has 4 heteroatoms. The Morgan fingerprint density at radius 2 is 2.00 bits per heavy atom. The molecule has 0 N–H and O–H groups in total. The van der Waals surface area contributed by atoms with E-state index < -0.39 is 0 Å². The highest BCUT2D eigenvalue weighted by Crippen LogP contribution is 2.05. The molecule has 0 saturated heterocycles. The molecular weight excluding hydrogens is 202 g/mol. The van der Waals surface area contributed by atoms with Crippen molar-refractivity contribution in [1.29, 1.82) is 0 Å². The average molecular weight is 217 g/mol. The van der Waals surface area contributed by atoms with Crippen LogP contribution in [0, 0.1) is 6.92 Å². The molecule has 0 aliphatic carbocycles. The third kappa shape index (κ3) is 2.21. The van der Waals surface area contributed by atoms with Gasteiger partial charge in [-0.1, -0.05) is 0 Å². The SMILES string of the molecule is CCn1nc(C)cc1Cn1ccc(=O)cc1. The summed E-state index contributed by atoms with van der Waals surface area (Å²) >= 11 is 0. The molecule has 0 atom stereocenters. The number of pyridine rings is 1. The first-order valence-corrected chi connectivity index (χ1v) is 5.38. The second-order valence-corrected chi connectivity index (χ2v) is 3.80. The van der Waals surface area contributed by atoms with Crippen molar-refractivity contribution < 1.29 is 0 Å². The number of hydrogen-bond donors (Lipinski definition) is 0. The van der Waals surface area contributed by atoms with Crippen molar-refractivity contribution in [2.75, 3.05) is 0 Å². The number of aromatic nitrogens is 3. The van der Waals surface area contributed by atoms with E-state index in [0.29, 0.717) is 0 Å². The van der Waals surface area contributed by atoms with Crippen LogP contribution in [-0.2, 0) is 13.1 Å². The normalized spacial score (nSPS) is 10.6. The van der Waals surface area contributed by atoms with Crippen molar-refractivity contribution in [2.45, 2.75) is 26.9 Å². The second kappa shape index (κ2) is 4.35. The molecule has 0 fully saturated rings. The van der Waals surface area contributed by atoms with Crippen molar-refractivity contribution >= 4 is 0 Å². The van der Waals surface area contributed by atoms with Crippen LogP contribution in [0.25, 0.3) is 0 Å². The molecule has 0 bridgehead atoms. The molecule has 0 radical (unpaired) electrons. The summed E-state index contributed by atoms with van der Waals surface area (Å²) < 4.78 is 3.96. The maximum atomic E-state index is 11.0. The quantitative estimate of drug-likeness (QED) is 0.780. The molecule has 0 saturated carbocycles. The molecule has 2 aromatic rings. The number of nitrogens with zero attached hydrogens (tertiary/aromatic N) is 3. The highest BCUT2D eigenvalue weighted by molar-refractivity contribution is 5.10. The zero-order valence-electron chi connectivity index (χ0n) is 9.55. The van der Waals surface area contributed by atoms with Gasteiger partial charge in [0.15, 0.2) is 5.43 Å². The molecule has 2 heterocycles. The van der Waals surface area contributed by atoms with E-state index in [1.54, 1.807) is 24.5 Å². The highest BCUT2D eigenvalue weighted by atomic mass is 16.1. The highest BCUT2D eigenvalue weighted by Gasteiger charge is 2.03. The maximum absolute atomic E-state index is 11.0. The van der Waals surface area contributed by atoms with Gasteiger partial charge in [-0.05, 0) is 19.9 Å². The Labute approximate surface area is 94.1 Å². The zero-order valence-corrected chi connectivity index (χ0v) is 9.55. The summed E-state index contributed by atoms with van der Waals surface area (Å²) in [4.78, 5) is 11.0. The van der Waals surface area contributed by atoms with Gasteiger partial charge in [-0.2, -0.15) is 5.10 Å². The van der Waals surface area contributed by atoms with Crippen LogP contribution in [-0.4, -0.2) is 14.3 Å². The first-order chi connectivity index (χ1) is 7.69. The van der Waals surface area contributed by atoms with Gasteiger partial charge in [-0.3, -0.25) is 9.48 Å². The summed E-state index contributed by atoms with van der Waals surface area (Å²) in [6, 6.07) is 5.21. The maximum Gasteiger partial charge on any atom is 0.181 e. The van der Waals surface area contributed by atoms with Crippen molar-refractivity contribution in [1.82, 2.24) is 14.3 Å². The van der Waals surface area contributed by atoms with E-state index in [0.717, 1.165) is 24.5 Å². The Balaban J connectivity index is 2.26. The van der Waals surface area contributed by atoms with Crippen molar-refractivity contribution in [3.63, 3.8) is 0 Å². The molecular formula is C12H15N3O. The largest absolute Gasteiger partial charge is 0.348 e. The molecule has 0 amide bonds. The van der Waals surface area contributed by atoms with Gasteiger partial charge in [-0.15, -0.1) is 0 Å². The van der Waals surface area contributed by atoms with Crippen molar-refractivity contribution in [3.8, 4) is 0 Å². The lowest BCUT2D eigenvalue weighted by Gasteiger charge is -2.07. The molecule has 4 nitrogen and oxygen atoms in total. The van der Waals surface area contributed by atoms with E-state index in [2.05, 4.69) is 18.1 Å². The minimum Gasteiger partial charge on any atom is -0.348 e. The van der Waals surface area contributed by atoms with Gasteiger partial charge in [0.05, 0.1) is 17.9 Å². The predicted octanol–water partition coefficient (Wildman–Crippen LogP) is 1.42. The fraction of sp³-hybridized carbons (Fsp3) is 0.333. The van der Waals surface area contributed by atoms with Crippen LogP contribution in [0.15, 0.2) is 35.4 Å². The Morgan fingerprint density at radius 1 is 1.31 bits per heavy atom. The summed E-state index contributed by atoms with van der Waals surface area (Å²) in [6.45, 7) is 5.67. The Bertz CT molecular complexity index is 519. The Hall–Kier alpha value is -1.84. The van der Waals surface area contributed by atoms with E-state index in [4.69, 9.17) is 0 Å². The minimum atomic E-state index is 0.0384. The van der Waals surface area contributed by atoms with Gasteiger partial charge in [-0.25, -0.2) is 0 Å². The smallest absolute Gasteiger partial charge is 0.181 e. The molecule has 2 aromatic heterocycles. The Morgan fingerprint density at radius 3 is 2.62 bits per heavy atom. The fourth-order valence-corrected chi connectivity index (χ4v) is 1.74. The van der Waals surface area contributed by atoms with E-state index in [1.807, 2.05) is 16.2 Å². The van der Waals surface area contributed by atoms with Crippen LogP contribution in [0.1, 0.15) is 18.3 Å². The molecule has 0 unspecified atom stereocenters. The molecule has 0 aliphatic heterocycles. The zero-order chi connectivity index (χ0) is 11.5. The lowest BCUT2D eigenvalue weighted by Crippen LogP contribution is -2.09. The third-order valence-electron chi connectivity index (χ3n) is 2.49. The van der Waals surface area contributed by atoms with Gasteiger partial charge in [0, 0.05) is 31.1 Å². The summed E-state index contributed by atoms with van der Waals surface area (Å²) in [7, 11) is 0. The van der Waals surface area contributed by atoms with Crippen LogP contribution in [0.4, 0.5) is 0 Å². The average Bonchev–Trinajstić information content (AvgIpc) is 2.62. The summed E-state index contributed by atoms with van der Waals surface area (Å²) in [5.74, 6) is 0. The second-order valence-electron chi connectivity index (χ2n) is 3.80. The molecule has 0 aromatic carbocycles. The topological polar surface area (TPSA) is 39.8 Å². The lowest BCUT2D eigenvalue weighted by molar-refractivity contribution is 0.596. The predicted molar refractivity (Wildman–Crippen MR) is 62.4 cm³/mol. The van der Waals surface area contributed by atoms with E-state index in [9.17, 15) is 4.79 Å². The van der Waals surface area contributed by atoms with Crippen molar-refractivity contribution in [2.24, 2.45) is 0 Å². The monoisotopic (exact) mass is 217 g/mol. The molecule has 0 aliphatic rings. The van der Waals surface area contributed by atoms with Crippen LogP contribution in [0.5, 0.6) is 0 Å². The van der Waals surface area contributed by atoms with Gasteiger partial charge >= 0.3 is 0 Å². The van der Waals surface area contributed by atoms with Gasteiger partial charge in [0.25, 0.3) is 0 Å². The molecule has 0 spiro atoms. The molecule has 2 rings (SSSR count). The lowest BCUT2D eigenvalue weighted by atomic mass is 10.3.